The van der Waals surface area contributed by atoms with Crippen LogP contribution in [0.3, 0.4) is 0 Å². The predicted molar refractivity (Wildman–Crippen MR) is 139 cm³/mol. The molecule has 1 unspecified atom stereocenters. The van der Waals surface area contributed by atoms with E-state index < -0.39 is 32.3 Å². The monoisotopic (exact) mass is 550 g/mol. The summed E-state index contributed by atoms with van der Waals surface area (Å²) >= 11 is 12.3. The van der Waals surface area contributed by atoms with Crippen LogP contribution >= 0.6 is 23.2 Å². The SMILES string of the molecule is CS(=O)(=O)C(c1cc(F)cc(F)c1)C1(NC2CC2)CN(C(c2ccc(Cl)cc2)c2ccc(Cl)cc2)C1. The van der Waals surface area contributed by atoms with Crippen molar-refractivity contribution in [2.75, 3.05) is 19.3 Å². The second-order valence-corrected chi connectivity index (χ2v) is 12.9. The van der Waals surface area contributed by atoms with Crippen molar-refractivity contribution in [3.63, 3.8) is 0 Å². The van der Waals surface area contributed by atoms with Gasteiger partial charge in [-0.25, -0.2) is 17.2 Å². The minimum absolute atomic E-state index is 0.123. The maximum absolute atomic E-state index is 14.2. The van der Waals surface area contributed by atoms with E-state index in [1.165, 1.54) is 0 Å². The summed E-state index contributed by atoms with van der Waals surface area (Å²) in [6, 6.07) is 18.1. The van der Waals surface area contributed by atoms with Gasteiger partial charge in [-0.2, -0.15) is 0 Å². The molecule has 190 valence electrons. The molecule has 2 fully saturated rings. The first-order valence-electron chi connectivity index (χ1n) is 11.7. The third-order valence-corrected chi connectivity index (χ3v) is 8.98. The molecule has 0 bridgehead atoms. The maximum atomic E-state index is 14.2. The van der Waals surface area contributed by atoms with Crippen LogP contribution in [0.15, 0.2) is 66.7 Å². The van der Waals surface area contributed by atoms with Gasteiger partial charge in [0.05, 0.1) is 11.6 Å². The fourth-order valence-electron chi connectivity index (χ4n) is 5.43. The van der Waals surface area contributed by atoms with Crippen LogP contribution in [0.5, 0.6) is 0 Å². The molecule has 3 aromatic carbocycles. The van der Waals surface area contributed by atoms with E-state index in [1.807, 2.05) is 48.5 Å². The summed E-state index contributed by atoms with van der Waals surface area (Å²) in [5.41, 5.74) is 1.22. The molecule has 3 aromatic rings. The standard InChI is InChI=1S/C27H26Cl2F2N2O2S/c1-36(34,35)26(19-12-22(30)14-23(31)13-19)27(32-24-10-11-24)15-33(16-27)25(17-2-6-20(28)7-3-17)18-4-8-21(29)9-5-18/h2-9,12-14,24-26,32H,10-11,15-16H2,1H3. The van der Waals surface area contributed by atoms with Gasteiger partial charge in [-0.15, -0.1) is 0 Å². The molecule has 36 heavy (non-hydrogen) atoms. The lowest BCUT2D eigenvalue weighted by atomic mass is 9.79. The lowest BCUT2D eigenvalue weighted by Gasteiger charge is -2.57. The molecular formula is C27H26Cl2F2N2O2S. The van der Waals surface area contributed by atoms with Crippen LogP contribution < -0.4 is 5.32 Å². The molecule has 2 aliphatic rings. The van der Waals surface area contributed by atoms with Crippen molar-refractivity contribution in [3.05, 3.63) is 105 Å². The van der Waals surface area contributed by atoms with E-state index in [1.54, 1.807) is 0 Å². The number of nitrogens with zero attached hydrogens (tertiary/aromatic N) is 1. The van der Waals surface area contributed by atoms with Crippen molar-refractivity contribution in [1.29, 1.82) is 0 Å². The zero-order valence-corrected chi connectivity index (χ0v) is 21.9. The highest BCUT2D eigenvalue weighted by molar-refractivity contribution is 7.91. The molecule has 5 rings (SSSR count). The first-order chi connectivity index (χ1) is 17.0. The van der Waals surface area contributed by atoms with Gasteiger partial charge in [0.25, 0.3) is 0 Å². The average Bonchev–Trinajstić information content (AvgIpc) is 3.57. The Kier molecular flexibility index (Phi) is 6.89. The number of hydrogen-bond acceptors (Lipinski definition) is 4. The molecule has 1 saturated carbocycles. The van der Waals surface area contributed by atoms with Gasteiger partial charge in [0.2, 0.25) is 0 Å². The number of nitrogens with one attached hydrogen (secondary N) is 1. The van der Waals surface area contributed by atoms with Gasteiger partial charge in [-0.3, -0.25) is 4.90 Å². The number of benzene rings is 3. The lowest BCUT2D eigenvalue weighted by Crippen LogP contribution is -2.73. The second kappa shape index (κ2) is 9.69. The van der Waals surface area contributed by atoms with E-state index in [4.69, 9.17) is 23.2 Å². The van der Waals surface area contributed by atoms with E-state index in [2.05, 4.69) is 10.2 Å². The summed E-state index contributed by atoms with van der Waals surface area (Å²) in [6.45, 7) is 0.741. The zero-order chi connectivity index (χ0) is 25.7. The highest BCUT2D eigenvalue weighted by atomic mass is 35.5. The van der Waals surface area contributed by atoms with Crippen LogP contribution in [0.25, 0.3) is 0 Å². The fraction of sp³-hybridized carbons (Fsp3) is 0.333. The first kappa shape index (κ1) is 25.6. The largest absolute Gasteiger partial charge is 0.305 e. The molecule has 1 aliphatic carbocycles. The molecule has 0 radical (unpaired) electrons. The Labute approximate surface area is 220 Å². The van der Waals surface area contributed by atoms with E-state index in [0.717, 1.165) is 48.4 Å². The van der Waals surface area contributed by atoms with Gasteiger partial charge >= 0.3 is 0 Å². The Balaban J connectivity index is 1.55. The molecule has 9 heteroatoms. The first-order valence-corrected chi connectivity index (χ1v) is 14.4. The average molecular weight is 551 g/mol. The van der Waals surface area contributed by atoms with Gasteiger partial charge in [0.15, 0.2) is 9.84 Å². The highest BCUT2D eigenvalue weighted by Crippen LogP contribution is 2.46. The molecule has 1 atom stereocenters. The van der Waals surface area contributed by atoms with Crippen LogP contribution in [0.4, 0.5) is 8.78 Å². The third kappa shape index (κ3) is 5.31. The van der Waals surface area contributed by atoms with E-state index >= 15 is 0 Å². The van der Waals surface area contributed by atoms with E-state index in [-0.39, 0.29) is 17.6 Å². The molecule has 0 spiro atoms. The minimum atomic E-state index is -3.73. The Hall–Kier alpha value is -2.03. The topological polar surface area (TPSA) is 49.4 Å². The van der Waals surface area contributed by atoms with Crippen LogP contribution in [-0.2, 0) is 9.84 Å². The molecule has 1 saturated heterocycles. The number of hydrogen-bond donors (Lipinski definition) is 1. The lowest BCUT2D eigenvalue weighted by molar-refractivity contribution is 0.0118. The molecule has 1 heterocycles. The summed E-state index contributed by atoms with van der Waals surface area (Å²) < 4.78 is 54.7. The summed E-state index contributed by atoms with van der Waals surface area (Å²) in [4.78, 5) is 2.18. The Morgan fingerprint density at radius 2 is 1.33 bits per heavy atom. The quantitative estimate of drug-likeness (QED) is 0.376. The van der Waals surface area contributed by atoms with Crippen molar-refractivity contribution in [2.45, 2.75) is 35.7 Å². The van der Waals surface area contributed by atoms with Crippen molar-refractivity contribution in [2.24, 2.45) is 0 Å². The fourth-order valence-corrected chi connectivity index (χ4v) is 7.35. The number of halogens is 4. The van der Waals surface area contributed by atoms with E-state index in [0.29, 0.717) is 23.1 Å². The van der Waals surface area contributed by atoms with E-state index in [9.17, 15) is 17.2 Å². The van der Waals surface area contributed by atoms with Crippen LogP contribution in [0.1, 0.15) is 40.8 Å². The van der Waals surface area contributed by atoms with Crippen LogP contribution in [0, 0.1) is 11.6 Å². The molecule has 0 aromatic heterocycles. The van der Waals surface area contributed by atoms with Crippen molar-refractivity contribution in [3.8, 4) is 0 Å². The van der Waals surface area contributed by atoms with Gasteiger partial charge in [-0.1, -0.05) is 47.5 Å². The minimum Gasteiger partial charge on any atom is -0.305 e. The molecule has 0 amide bonds. The van der Waals surface area contributed by atoms with Crippen molar-refractivity contribution >= 4 is 33.0 Å². The molecule has 4 nitrogen and oxygen atoms in total. The Morgan fingerprint density at radius 3 is 1.75 bits per heavy atom. The van der Waals surface area contributed by atoms with Crippen LogP contribution in [-0.4, -0.2) is 44.2 Å². The second-order valence-electron chi connectivity index (χ2n) is 9.90. The number of likely N-dealkylation sites (tertiary alicyclic amines) is 1. The molecule has 1 N–H and O–H groups in total. The van der Waals surface area contributed by atoms with Crippen molar-refractivity contribution < 1.29 is 17.2 Å². The van der Waals surface area contributed by atoms with Gasteiger partial charge in [-0.05, 0) is 65.9 Å². The maximum Gasteiger partial charge on any atom is 0.156 e. The molecule has 1 aliphatic heterocycles. The highest BCUT2D eigenvalue weighted by Gasteiger charge is 2.56. The van der Waals surface area contributed by atoms with Gasteiger partial charge < -0.3 is 5.32 Å². The smallest absolute Gasteiger partial charge is 0.156 e. The predicted octanol–water partition coefficient (Wildman–Crippen LogP) is 5.95. The van der Waals surface area contributed by atoms with Gasteiger partial charge in [0.1, 0.15) is 16.9 Å². The van der Waals surface area contributed by atoms with Crippen molar-refractivity contribution in [1.82, 2.24) is 10.2 Å². The zero-order valence-electron chi connectivity index (χ0n) is 19.6. The normalized spacial score (nSPS) is 18.7. The summed E-state index contributed by atoms with van der Waals surface area (Å²) in [5, 5.41) is 3.67. The summed E-state index contributed by atoms with van der Waals surface area (Å²) in [6.07, 6.45) is 3.01. The summed E-state index contributed by atoms with van der Waals surface area (Å²) in [7, 11) is -3.73. The van der Waals surface area contributed by atoms with Gasteiger partial charge in [0, 0.05) is 41.5 Å². The molecular weight excluding hydrogens is 525 g/mol. The Morgan fingerprint density at radius 1 is 0.861 bits per heavy atom. The van der Waals surface area contributed by atoms with Crippen LogP contribution in [0.2, 0.25) is 10.0 Å². The third-order valence-electron chi connectivity index (χ3n) is 6.89. The number of sulfone groups is 1. The Bertz CT molecular complexity index is 1290. The number of rotatable bonds is 8. The summed E-state index contributed by atoms with van der Waals surface area (Å²) in [5.74, 6) is -1.59.